The molecule has 5 N–H and O–H groups in total. The highest BCUT2D eigenvalue weighted by atomic mass is 31.2. The molecule has 0 rings (SSSR count). The molecule has 0 heterocycles. The van der Waals surface area contributed by atoms with Crippen molar-refractivity contribution >= 4 is 13.5 Å². The molecule has 0 atom stereocenters. The molecule has 0 aliphatic rings. The van der Waals surface area contributed by atoms with Gasteiger partial charge in [0.2, 0.25) is 0 Å². The van der Waals surface area contributed by atoms with Gasteiger partial charge in [-0.05, 0) is 13.0 Å². The van der Waals surface area contributed by atoms with E-state index in [0.29, 0.717) is 13.0 Å². The Morgan fingerprint density at radius 3 is 2.20 bits per heavy atom. The minimum Gasteiger partial charge on any atom is -0.330 e. The Morgan fingerprint density at radius 1 is 1.40 bits per heavy atom. The highest BCUT2D eigenvalue weighted by Crippen LogP contribution is 2.46. The van der Waals surface area contributed by atoms with Crippen molar-refractivity contribution in [3.05, 3.63) is 0 Å². The molecule has 6 heteroatoms. The monoisotopic (exact) mass is 168 g/mol. The number of carbonyl (C=O) groups excluding carboxylic acids is 1. The summed E-state index contributed by atoms with van der Waals surface area (Å²) >= 11 is 0. The van der Waals surface area contributed by atoms with Crippen LogP contribution in [0.25, 0.3) is 0 Å². The second-order valence-corrected chi connectivity index (χ2v) is 3.49. The van der Waals surface area contributed by atoms with Gasteiger partial charge < -0.3 is 5.73 Å². The summed E-state index contributed by atoms with van der Waals surface area (Å²) in [5.74, 6) is 0. The lowest BCUT2D eigenvalue weighted by Crippen LogP contribution is -2.08. The van der Waals surface area contributed by atoms with Crippen LogP contribution in [-0.2, 0) is 4.79 Å². The Balaban J connectivity index is 3.64. The van der Waals surface area contributed by atoms with Crippen molar-refractivity contribution in [2.45, 2.75) is 12.8 Å². The molecule has 10 heavy (non-hydrogen) atoms. The predicted molar refractivity (Wildman–Crippen MR) is 36.9 cm³/mol. The third-order valence-corrected chi connectivity index (χ3v) is 1.82. The van der Waals surface area contributed by atoms with E-state index >= 15 is 0 Å². The van der Waals surface area contributed by atoms with Crippen LogP contribution >= 0.6 is 7.94 Å². The maximum Gasteiger partial charge on any atom is 0.478 e. The maximum absolute atomic E-state index is 10.5. The second kappa shape index (κ2) is 3.95. The van der Waals surface area contributed by atoms with E-state index < -0.39 is 13.5 Å². The van der Waals surface area contributed by atoms with Gasteiger partial charge in [0.1, 0.15) is 0 Å². The van der Waals surface area contributed by atoms with Crippen molar-refractivity contribution < 1.29 is 19.5 Å². The van der Waals surface area contributed by atoms with Crippen LogP contribution in [0.5, 0.6) is 0 Å². The molecular formula is C4H11NO4P+. The summed E-state index contributed by atoms with van der Waals surface area (Å²) < 4.78 is 0. The number of hydrogen-bond donors (Lipinski definition) is 4. The van der Waals surface area contributed by atoms with E-state index in [0.717, 1.165) is 0 Å². The van der Waals surface area contributed by atoms with E-state index in [1.54, 1.807) is 0 Å². The number of nitrogens with two attached hydrogens (primary N) is 1. The lowest BCUT2D eigenvalue weighted by molar-refractivity contribution is -0.114. The van der Waals surface area contributed by atoms with Crippen molar-refractivity contribution in [2.75, 3.05) is 6.54 Å². The zero-order valence-electron chi connectivity index (χ0n) is 5.40. The smallest absolute Gasteiger partial charge is 0.330 e. The van der Waals surface area contributed by atoms with Crippen molar-refractivity contribution in [1.82, 2.24) is 0 Å². The van der Waals surface area contributed by atoms with Crippen LogP contribution in [0.3, 0.4) is 0 Å². The van der Waals surface area contributed by atoms with Gasteiger partial charge >= 0.3 is 13.5 Å². The van der Waals surface area contributed by atoms with Gasteiger partial charge in [-0.1, -0.05) is 0 Å². The third-order valence-electron chi connectivity index (χ3n) is 0.929. The highest BCUT2D eigenvalue weighted by Gasteiger charge is 2.40. The molecule has 5 nitrogen and oxygen atoms in total. The topological polar surface area (TPSA) is 104 Å². The third kappa shape index (κ3) is 3.87. The Labute approximate surface area is 59.1 Å². The molecule has 0 unspecified atom stereocenters. The summed E-state index contributed by atoms with van der Waals surface area (Å²) in [5, 5.41) is 0. The summed E-state index contributed by atoms with van der Waals surface area (Å²) in [4.78, 5) is 35.5. The predicted octanol–water partition coefficient (Wildman–Crippen LogP) is -1.01. The standard InChI is InChI=1S/C4H11NO4P/c5-3-1-2-4(6)10(7,8)9/h7-9H,1-3,5H2/q+1. The zero-order valence-corrected chi connectivity index (χ0v) is 6.29. The van der Waals surface area contributed by atoms with Crippen LogP contribution in [0.1, 0.15) is 12.8 Å². The molecule has 0 aromatic rings. The number of rotatable bonds is 4. The first kappa shape index (κ1) is 9.94. The molecule has 0 fully saturated rings. The average molecular weight is 168 g/mol. The lowest BCUT2D eigenvalue weighted by atomic mass is 10.3. The fourth-order valence-electron chi connectivity index (χ4n) is 0.403. The van der Waals surface area contributed by atoms with Gasteiger partial charge in [-0.15, -0.1) is 0 Å². The molecule has 0 aromatic carbocycles. The van der Waals surface area contributed by atoms with Crippen molar-refractivity contribution in [2.24, 2.45) is 5.73 Å². The summed E-state index contributed by atoms with van der Waals surface area (Å²) in [6.07, 6.45) is 0.288. The van der Waals surface area contributed by atoms with Crippen LogP contribution < -0.4 is 5.73 Å². The molecular weight excluding hydrogens is 157 g/mol. The van der Waals surface area contributed by atoms with E-state index in [-0.39, 0.29) is 6.42 Å². The first-order valence-electron chi connectivity index (χ1n) is 2.79. The van der Waals surface area contributed by atoms with Gasteiger partial charge in [-0.25, -0.2) is 4.79 Å². The zero-order chi connectivity index (χ0) is 8.20. The SMILES string of the molecule is NCCCC(=O)[P+](O)(O)O. The Kier molecular flexibility index (Phi) is 3.93. The van der Waals surface area contributed by atoms with E-state index in [4.69, 9.17) is 20.4 Å². The van der Waals surface area contributed by atoms with E-state index in [2.05, 4.69) is 0 Å². The Hall–Kier alpha value is -0.0600. The molecule has 0 radical (unpaired) electrons. The van der Waals surface area contributed by atoms with Crippen molar-refractivity contribution in [3.8, 4) is 0 Å². The molecule has 60 valence electrons. The average Bonchev–Trinajstić information content (AvgIpc) is 1.80. The molecule has 0 aliphatic carbocycles. The second-order valence-electron chi connectivity index (χ2n) is 1.85. The van der Waals surface area contributed by atoms with Gasteiger partial charge in [0.05, 0.1) is 6.42 Å². The van der Waals surface area contributed by atoms with Crippen LogP contribution in [0, 0.1) is 0 Å². The van der Waals surface area contributed by atoms with E-state index in [9.17, 15) is 4.79 Å². The van der Waals surface area contributed by atoms with Crippen molar-refractivity contribution in [1.29, 1.82) is 0 Å². The molecule has 0 spiro atoms. The van der Waals surface area contributed by atoms with Crippen LogP contribution in [-0.4, -0.2) is 26.7 Å². The van der Waals surface area contributed by atoms with Gasteiger partial charge in [0.25, 0.3) is 0 Å². The van der Waals surface area contributed by atoms with E-state index in [1.807, 2.05) is 0 Å². The van der Waals surface area contributed by atoms with Crippen LogP contribution in [0.4, 0.5) is 0 Å². The van der Waals surface area contributed by atoms with Gasteiger partial charge in [-0.2, -0.15) is 14.7 Å². The first-order chi connectivity index (χ1) is 4.48. The molecule has 0 aromatic heterocycles. The van der Waals surface area contributed by atoms with Gasteiger partial charge in [-0.3, -0.25) is 0 Å². The van der Waals surface area contributed by atoms with Gasteiger partial charge in [0, 0.05) is 0 Å². The fourth-order valence-corrected chi connectivity index (χ4v) is 0.861. The summed E-state index contributed by atoms with van der Waals surface area (Å²) in [5.41, 5.74) is 4.12. The van der Waals surface area contributed by atoms with Gasteiger partial charge in [0.15, 0.2) is 0 Å². The fraction of sp³-hybridized carbons (Fsp3) is 0.750. The normalized spacial score (nSPS) is 11.6. The molecule has 0 bridgehead atoms. The number of carbonyl (C=O) groups is 1. The summed E-state index contributed by atoms with van der Waals surface area (Å²) in [6, 6.07) is 0. The summed E-state index contributed by atoms with van der Waals surface area (Å²) in [7, 11) is -4.23. The quantitative estimate of drug-likeness (QED) is 0.403. The maximum atomic E-state index is 10.5. The minimum atomic E-state index is -4.23. The Morgan fingerprint density at radius 2 is 1.90 bits per heavy atom. The lowest BCUT2D eigenvalue weighted by Gasteiger charge is -1.99. The minimum absolute atomic E-state index is 0.0756. The molecule has 0 saturated heterocycles. The Bertz CT molecular complexity index is 121. The molecule has 0 amide bonds. The van der Waals surface area contributed by atoms with Crippen molar-refractivity contribution in [3.63, 3.8) is 0 Å². The van der Waals surface area contributed by atoms with Crippen LogP contribution in [0.2, 0.25) is 0 Å². The highest BCUT2D eigenvalue weighted by molar-refractivity contribution is 7.76. The van der Waals surface area contributed by atoms with E-state index in [1.165, 1.54) is 0 Å². The largest absolute Gasteiger partial charge is 0.478 e. The molecule has 0 aliphatic heterocycles. The van der Waals surface area contributed by atoms with Crippen LogP contribution in [0.15, 0.2) is 0 Å². The molecule has 0 saturated carbocycles. The number of hydrogen-bond acceptors (Lipinski definition) is 5. The first-order valence-corrected chi connectivity index (χ1v) is 4.44. The summed E-state index contributed by atoms with van der Waals surface area (Å²) in [6.45, 7) is 0.297.